The first-order valence-electron chi connectivity index (χ1n) is 18.3. The molecule has 0 atom stereocenters. The van der Waals surface area contributed by atoms with Crippen molar-refractivity contribution in [1.82, 2.24) is 15.0 Å². The maximum Gasteiger partial charge on any atom is 0.164 e. The lowest BCUT2D eigenvalue weighted by molar-refractivity contribution is 1.07. The van der Waals surface area contributed by atoms with Gasteiger partial charge in [-0.1, -0.05) is 182 Å². The van der Waals surface area contributed by atoms with Gasteiger partial charge in [-0.2, -0.15) is 0 Å². The molecule has 0 bridgehead atoms. The molecule has 0 spiro atoms. The Balaban J connectivity index is 1.10. The van der Waals surface area contributed by atoms with Crippen LogP contribution in [0.1, 0.15) is 0 Å². The largest absolute Gasteiger partial charge is 0.208 e. The van der Waals surface area contributed by atoms with Gasteiger partial charge in [-0.3, -0.25) is 0 Å². The van der Waals surface area contributed by atoms with E-state index < -0.39 is 0 Å². The van der Waals surface area contributed by atoms with E-state index in [9.17, 15) is 0 Å². The molecule has 0 amide bonds. The van der Waals surface area contributed by atoms with Crippen LogP contribution in [-0.2, 0) is 0 Å². The van der Waals surface area contributed by atoms with Crippen LogP contribution in [0.4, 0.5) is 0 Å². The molecule has 9 aromatic carbocycles. The molecule has 0 aliphatic heterocycles. The zero-order valence-corrected chi connectivity index (χ0v) is 29.4. The Morgan fingerprint density at radius 3 is 1.15 bits per heavy atom. The molecule has 0 saturated carbocycles. The summed E-state index contributed by atoms with van der Waals surface area (Å²) in [4.78, 5) is 15.2. The molecule has 0 saturated heterocycles. The average molecular weight is 688 g/mol. The van der Waals surface area contributed by atoms with E-state index in [4.69, 9.17) is 15.0 Å². The van der Waals surface area contributed by atoms with E-state index in [1.54, 1.807) is 0 Å². The fraction of sp³-hybridized carbons (Fsp3) is 0. The summed E-state index contributed by atoms with van der Waals surface area (Å²) in [7, 11) is 0. The fourth-order valence-electron chi connectivity index (χ4n) is 7.71. The quantitative estimate of drug-likeness (QED) is 0.163. The van der Waals surface area contributed by atoms with Gasteiger partial charge < -0.3 is 0 Å². The van der Waals surface area contributed by atoms with Gasteiger partial charge in [-0.05, 0) is 83.9 Å². The number of rotatable bonds is 6. The standard InChI is InChI=1S/C51H33N3/c1-3-15-34(16-4-1)36-19-13-21-39(31-36)50-52-49(35-17-5-2-6-18-35)53-51(54-50)40-22-14-20-37(32-40)41-23-7-8-24-42(41)38-29-30-47-45-27-10-9-25-43(45)44-26-11-12-28-46(44)48(47)33-38/h1-33H. The van der Waals surface area contributed by atoms with Crippen LogP contribution in [0.5, 0.6) is 0 Å². The summed E-state index contributed by atoms with van der Waals surface area (Å²) < 4.78 is 0. The Morgan fingerprint density at radius 1 is 0.204 bits per heavy atom. The second-order valence-corrected chi connectivity index (χ2v) is 13.6. The molecular weight excluding hydrogens is 655 g/mol. The molecule has 0 unspecified atom stereocenters. The van der Waals surface area contributed by atoms with Crippen molar-refractivity contribution < 1.29 is 0 Å². The lowest BCUT2D eigenvalue weighted by Crippen LogP contribution is -2.00. The maximum atomic E-state index is 5.12. The summed E-state index contributed by atoms with van der Waals surface area (Å²) in [6, 6.07) is 70.6. The molecule has 54 heavy (non-hydrogen) atoms. The Hall–Kier alpha value is -7.23. The van der Waals surface area contributed by atoms with Crippen LogP contribution in [-0.4, -0.2) is 15.0 Å². The van der Waals surface area contributed by atoms with E-state index in [0.29, 0.717) is 17.5 Å². The zero-order valence-electron chi connectivity index (χ0n) is 29.4. The summed E-state index contributed by atoms with van der Waals surface area (Å²) in [6.07, 6.45) is 0. The molecular formula is C51H33N3. The molecule has 1 aromatic heterocycles. The fourth-order valence-corrected chi connectivity index (χ4v) is 7.71. The van der Waals surface area contributed by atoms with E-state index in [1.807, 2.05) is 36.4 Å². The van der Waals surface area contributed by atoms with Gasteiger partial charge in [0.1, 0.15) is 0 Å². The third-order valence-electron chi connectivity index (χ3n) is 10.3. The number of aromatic nitrogens is 3. The van der Waals surface area contributed by atoms with Crippen LogP contribution in [0.15, 0.2) is 200 Å². The number of nitrogens with zero attached hydrogens (tertiary/aromatic N) is 3. The lowest BCUT2D eigenvalue weighted by atomic mass is 9.89. The van der Waals surface area contributed by atoms with Crippen molar-refractivity contribution >= 4 is 32.3 Å². The number of hydrogen-bond donors (Lipinski definition) is 0. The molecule has 0 N–H and O–H groups in total. The van der Waals surface area contributed by atoms with Crippen molar-refractivity contribution in [3.8, 4) is 67.5 Å². The van der Waals surface area contributed by atoms with E-state index in [0.717, 1.165) is 38.9 Å². The van der Waals surface area contributed by atoms with Gasteiger partial charge in [-0.25, -0.2) is 15.0 Å². The molecule has 3 heteroatoms. The minimum Gasteiger partial charge on any atom is -0.208 e. The molecule has 10 aromatic rings. The van der Waals surface area contributed by atoms with E-state index in [2.05, 4.69) is 164 Å². The lowest BCUT2D eigenvalue weighted by Gasteiger charge is -2.15. The molecule has 0 radical (unpaired) electrons. The summed E-state index contributed by atoms with van der Waals surface area (Å²) in [5.41, 5.74) is 9.68. The first kappa shape index (κ1) is 31.5. The second kappa shape index (κ2) is 13.4. The van der Waals surface area contributed by atoms with Crippen LogP contribution in [0.3, 0.4) is 0 Å². The Kier molecular flexibility index (Phi) is 7.81. The maximum absolute atomic E-state index is 5.12. The predicted molar refractivity (Wildman–Crippen MR) is 225 cm³/mol. The van der Waals surface area contributed by atoms with Crippen molar-refractivity contribution in [3.63, 3.8) is 0 Å². The number of fused-ring (bicyclic) bond motifs is 6. The van der Waals surface area contributed by atoms with Crippen LogP contribution < -0.4 is 0 Å². The first-order chi connectivity index (χ1) is 26.8. The van der Waals surface area contributed by atoms with Gasteiger partial charge in [0.05, 0.1) is 0 Å². The molecule has 0 fully saturated rings. The molecule has 1 heterocycles. The van der Waals surface area contributed by atoms with E-state index >= 15 is 0 Å². The number of hydrogen-bond acceptors (Lipinski definition) is 3. The summed E-state index contributed by atoms with van der Waals surface area (Å²) >= 11 is 0. The monoisotopic (exact) mass is 687 g/mol. The Morgan fingerprint density at radius 2 is 0.574 bits per heavy atom. The van der Waals surface area contributed by atoms with Crippen molar-refractivity contribution in [2.24, 2.45) is 0 Å². The van der Waals surface area contributed by atoms with E-state index in [1.165, 1.54) is 43.4 Å². The van der Waals surface area contributed by atoms with Gasteiger partial charge in [-0.15, -0.1) is 0 Å². The SMILES string of the molecule is c1ccc(-c2cccc(-c3nc(-c4ccccc4)nc(-c4cccc(-c5ccccc5-c5ccc6c7ccccc7c7ccccc7c6c5)c4)n3)c2)cc1. The highest BCUT2D eigenvalue weighted by atomic mass is 15.0. The van der Waals surface area contributed by atoms with Gasteiger partial charge >= 0.3 is 0 Å². The summed E-state index contributed by atoms with van der Waals surface area (Å²) in [5.74, 6) is 1.91. The van der Waals surface area contributed by atoms with Crippen molar-refractivity contribution in [2.75, 3.05) is 0 Å². The third-order valence-corrected chi connectivity index (χ3v) is 10.3. The van der Waals surface area contributed by atoms with Crippen LogP contribution >= 0.6 is 0 Å². The van der Waals surface area contributed by atoms with Crippen LogP contribution in [0.2, 0.25) is 0 Å². The molecule has 0 aliphatic carbocycles. The average Bonchev–Trinajstić information content (AvgIpc) is 3.27. The first-order valence-corrected chi connectivity index (χ1v) is 18.3. The third kappa shape index (κ3) is 5.69. The summed E-state index contributed by atoms with van der Waals surface area (Å²) in [5, 5.41) is 7.62. The zero-order chi connectivity index (χ0) is 35.8. The minimum atomic E-state index is 0.632. The second-order valence-electron chi connectivity index (χ2n) is 13.6. The van der Waals surface area contributed by atoms with Gasteiger partial charge in [0.15, 0.2) is 17.5 Å². The highest BCUT2D eigenvalue weighted by molar-refractivity contribution is 6.25. The Bertz CT molecular complexity index is 2950. The molecule has 10 rings (SSSR count). The molecule has 3 nitrogen and oxygen atoms in total. The van der Waals surface area contributed by atoms with Crippen molar-refractivity contribution in [1.29, 1.82) is 0 Å². The molecule has 252 valence electrons. The van der Waals surface area contributed by atoms with Gasteiger partial charge in [0, 0.05) is 16.7 Å². The molecule has 0 aliphatic rings. The van der Waals surface area contributed by atoms with Gasteiger partial charge in [0.2, 0.25) is 0 Å². The van der Waals surface area contributed by atoms with Crippen molar-refractivity contribution in [2.45, 2.75) is 0 Å². The summed E-state index contributed by atoms with van der Waals surface area (Å²) in [6.45, 7) is 0. The highest BCUT2D eigenvalue weighted by Crippen LogP contribution is 2.40. The topological polar surface area (TPSA) is 38.7 Å². The predicted octanol–water partition coefficient (Wildman–Crippen LogP) is 13.3. The smallest absolute Gasteiger partial charge is 0.164 e. The highest BCUT2D eigenvalue weighted by Gasteiger charge is 2.16. The number of benzene rings is 9. The van der Waals surface area contributed by atoms with E-state index in [-0.39, 0.29) is 0 Å². The van der Waals surface area contributed by atoms with Gasteiger partial charge in [0.25, 0.3) is 0 Å². The Labute approximate surface area is 313 Å². The van der Waals surface area contributed by atoms with Crippen molar-refractivity contribution in [3.05, 3.63) is 200 Å². The minimum absolute atomic E-state index is 0.632. The van der Waals surface area contributed by atoms with Crippen LogP contribution in [0, 0.1) is 0 Å². The van der Waals surface area contributed by atoms with Crippen LogP contribution in [0.25, 0.3) is 99.9 Å². The normalized spacial score (nSPS) is 11.3.